The molecule has 0 rings (SSSR count). The summed E-state index contributed by atoms with van der Waals surface area (Å²) in [6, 6.07) is 0. The Morgan fingerprint density at radius 2 is 0.842 bits per heavy atom. The van der Waals surface area contributed by atoms with Gasteiger partial charge in [-0.1, -0.05) is 189 Å². The van der Waals surface area contributed by atoms with Crippen LogP contribution in [-0.4, -0.2) is 37.2 Å². The van der Waals surface area contributed by atoms with Crippen LogP contribution in [0.15, 0.2) is 97.2 Å². The Morgan fingerprint density at radius 3 is 1.42 bits per heavy atom. The molecular formula is C51H82O6. The summed E-state index contributed by atoms with van der Waals surface area (Å²) in [7, 11) is 0. The van der Waals surface area contributed by atoms with Gasteiger partial charge in [0.15, 0.2) is 6.10 Å². The molecule has 0 spiro atoms. The van der Waals surface area contributed by atoms with Crippen LogP contribution in [0.4, 0.5) is 0 Å². The fourth-order valence-electron chi connectivity index (χ4n) is 5.80. The van der Waals surface area contributed by atoms with Crippen molar-refractivity contribution < 1.29 is 28.6 Å². The molecule has 322 valence electrons. The van der Waals surface area contributed by atoms with Crippen molar-refractivity contribution in [1.29, 1.82) is 0 Å². The quantitative estimate of drug-likeness (QED) is 0.0203. The van der Waals surface area contributed by atoms with Crippen molar-refractivity contribution in [2.75, 3.05) is 13.2 Å². The molecule has 1 atom stereocenters. The molecule has 0 aromatic heterocycles. The van der Waals surface area contributed by atoms with Crippen molar-refractivity contribution >= 4 is 17.9 Å². The molecule has 0 aromatic carbocycles. The van der Waals surface area contributed by atoms with Crippen molar-refractivity contribution in [3.63, 3.8) is 0 Å². The van der Waals surface area contributed by atoms with E-state index in [0.29, 0.717) is 12.8 Å². The van der Waals surface area contributed by atoms with E-state index in [-0.39, 0.29) is 31.6 Å². The summed E-state index contributed by atoms with van der Waals surface area (Å²) in [6.45, 7) is 6.22. The van der Waals surface area contributed by atoms with Gasteiger partial charge in [0, 0.05) is 12.8 Å². The molecule has 0 aliphatic rings. The van der Waals surface area contributed by atoms with E-state index < -0.39 is 12.1 Å². The summed E-state index contributed by atoms with van der Waals surface area (Å²) >= 11 is 0. The van der Waals surface area contributed by atoms with E-state index in [4.69, 9.17) is 14.2 Å². The molecule has 57 heavy (non-hydrogen) atoms. The highest BCUT2D eigenvalue weighted by atomic mass is 16.6. The minimum absolute atomic E-state index is 0.120. The monoisotopic (exact) mass is 791 g/mol. The Labute approximate surface area is 349 Å². The van der Waals surface area contributed by atoms with E-state index in [2.05, 4.69) is 81.5 Å². The van der Waals surface area contributed by atoms with Gasteiger partial charge in [-0.15, -0.1) is 0 Å². The Bertz CT molecular complexity index is 1180. The van der Waals surface area contributed by atoms with E-state index in [1.54, 1.807) is 6.08 Å². The van der Waals surface area contributed by atoms with Crippen molar-refractivity contribution in [3.8, 4) is 0 Å². The summed E-state index contributed by atoms with van der Waals surface area (Å²) in [4.78, 5) is 37.6. The van der Waals surface area contributed by atoms with Gasteiger partial charge in [0.05, 0.1) is 6.42 Å². The first-order chi connectivity index (χ1) is 28.0. The first kappa shape index (κ1) is 53.3. The Morgan fingerprint density at radius 1 is 0.404 bits per heavy atom. The van der Waals surface area contributed by atoms with Crippen LogP contribution in [0.25, 0.3) is 0 Å². The number of unbranched alkanes of at least 4 members (excludes halogenated alkanes) is 16. The molecule has 0 N–H and O–H groups in total. The fraction of sp³-hybridized carbons (Fsp3) is 0.627. The molecule has 0 heterocycles. The number of hydrogen-bond acceptors (Lipinski definition) is 6. The zero-order valence-electron chi connectivity index (χ0n) is 36.6. The summed E-state index contributed by atoms with van der Waals surface area (Å²) in [5.74, 6) is -1.08. The normalized spacial score (nSPS) is 13.0. The van der Waals surface area contributed by atoms with Crippen molar-refractivity contribution in [3.05, 3.63) is 97.2 Å². The van der Waals surface area contributed by atoms with Crippen LogP contribution in [0, 0.1) is 0 Å². The summed E-state index contributed by atoms with van der Waals surface area (Å²) in [6.07, 6.45) is 58.5. The zero-order chi connectivity index (χ0) is 41.5. The van der Waals surface area contributed by atoms with Gasteiger partial charge in [0.2, 0.25) is 0 Å². The zero-order valence-corrected chi connectivity index (χ0v) is 36.6. The maximum atomic E-state index is 12.7. The molecule has 0 aliphatic carbocycles. The predicted molar refractivity (Wildman–Crippen MR) is 242 cm³/mol. The summed E-state index contributed by atoms with van der Waals surface area (Å²) in [5.41, 5.74) is 0. The lowest BCUT2D eigenvalue weighted by Gasteiger charge is -2.18. The van der Waals surface area contributed by atoms with Crippen LogP contribution in [-0.2, 0) is 28.6 Å². The number of carbonyl (C=O) groups is 3. The van der Waals surface area contributed by atoms with Crippen molar-refractivity contribution in [2.45, 2.75) is 194 Å². The third kappa shape index (κ3) is 43.3. The van der Waals surface area contributed by atoms with E-state index in [1.165, 1.54) is 64.2 Å². The Hall–Kier alpha value is -3.67. The molecule has 0 aliphatic heterocycles. The van der Waals surface area contributed by atoms with E-state index in [0.717, 1.165) is 83.5 Å². The average Bonchev–Trinajstić information content (AvgIpc) is 3.21. The highest BCUT2D eigenvalue weighted by molar-refractivity contribution is 5.72. The maximum absolute atomic E-state index is 12.7. The number of carbonyl (C=O) groups excluding carboxylic acids is 3. The average molecular weight is 791 g/mol. The standard InChI is InChI=1S/C51H82O6/c1-4-7-10-13-16-19-21-23-25-27-29-32-35-38-41-44-50(53)56-47-48(46-55-49(52)43-40-37-34-31-18-15-12-9-6-3)57-51(54)45-42-39-36-33-30-28-26-24-22-20-17-14-11-8-5-2/h7,9-10,12-13,16,18-23,25,31,37,40,48H,4-6,8,11,14-15,17,24,26-30,32-36,38-39,41-47H2,1-3H3/b10-7-,12-9-,16-13-,21-19-,22-20-,25-23-,31-18-,40-37-. The Kier molecular flexibility index (Phi) is 42.1. The molecule has 0 radical (unpaired) electrons. The van der Waals surface area contributed by atoms with Gasteiger partial charge in [0.1, 0.15) is 13.2 Å². The molecule has 0 saturated carbocycles. The van der Waals surface area contributed by atoms with Crippen LogP contribution in [0.3, 0.4) is 0 Å². The molecule has 0 amide bonds. The van der Waals surface area contributed by atoms with Gasteiger partial charge >= 0.3 is 17.9 Å². The first-order valence-electron chi connectivity index (χ1n) is 22.8. The SMILES string of the molecule is CC\C=C/C=C\C=C/C=C\CCCCCCCC(=O)OCC(COC(=O)C/C=C\C/C=C\C/C=C\CC)OC(=O)CCCCCCCCC/C=C\CCCCCC. The van der Waals surface area contributed by atoms with Crippen LogP contribution in [0.2, 0.25) is 0 Å². The van der Waals surface area contributed by atoms with E-state index >= 15 is 0 Å². The molecule has 0 saturated heterocycles. The summed E-state index contributed by atoms with van der Waals surface area (Å²) < 4.78 is 16.6. The third-order valence-corrected chi connectivity index (χ3v) is 9.18. The van der Waals surface area contributed by atoms with Crippen molar-refractivity contribution in [1.82, 2.24) is 0 Å². The maximum Gasteiger partial charge on any atom is 0.309 e. The van der Waals surface area contributed by atoms with Gasteiger partial charge in [-0.3, -0.25) is 14.4 Å². The second kappa shape index (κ2) is 45.0. The highest BCUT2D eigenvalue weighted by Gasteiger charge is 2.19. The molecule has 0 aromatic rings. The lowest BCUT2D eigenvalue weighted by atomic mass is 10.1. The second-order valence-corrected chi connectivity index (χ2v) is 14.7. The minimum Gasteiger partial charge on any atom is -0.462 e. The lowest BCUT2D eigenvalue weighted by Crippen LogP contribution is -2.30. The van der Waals surface area contributed by atoms with Gasteiger partial charge in [-0.25, -0.2) is 0 Å². The predicted octanol–water partition coefficient (Wildman–Crippen LogP) is 14.6. The van der Waals surface area contributed by atoms with Crippen LogP contribution >= 0.6 is 0 Å². The van der Waals surface area contributed by atoms with Gasteiger partial charge in [-0.2, -0.15) is 0 Å². The smallest absolute Gasteiger partial charge is 0.309 e. The Balaban J connectivity index is 4.48. The van der Waals surface area contributed by atoms with Gasteiger partial charge < -0.3 is 14.2 Å². The lowest BCUT2D eigenvalue weighted by molar-refractivity contribution is -0.166. The number of rotatable bonds is 39. The fourth-order valence-corrected chi connectivity index (χ4v) is 5.80. The van der Waals surface area contributed by atoms with E-state index in [1.807, 2.05) is 30.4 Å². The largest absolute Gasteiger partial charge is 0.462 e. The number of ether oxygens (including phenoxy) is 3. The topological polar surface area (TPSA) is 78.9 Å². The van der Waals surface area contributed by atoms with E-state index in [9.17, 15) is 14.4 Å². The van der Waals surface area contributed by atoms with Gasteiger partial charge in [0.25, 0.3) is 0 Å². The van der Waals surface area contributed by atoms with Gasteiger partial charge in [-0.05, 0) is 77.0 Å². The molecule has 0 fully saturated rings. The number of esters is 3. The molecule has 6 nitrogen and oxygen atoms in total. The molecule has 1 unspecified atom stereocenters. The molecule has 6 heteroatoms. The van der Waals surface area contributed by atoms with Crippen LogP contribution in [0.1, 0.15) is 188 Å². The number of hydrogen-bond donors (Lipinski definition) is 0. The molecular weight excluding hydrogens is 709 g/mol. The molecule has 0 bridgehead atoms. The second-order valence-electron chi connectivity index (χ2n) is 14.7. The first-order valence-corrected chi connectivity index (χ1v) is 22.8. The van der Waals surface area contributed by atoms with Crippen LogP contribution in [0.5, 0.6) is 0 Å². The summed E-state index contributed by atoms with van der Waals surface area (Å²) in [5, 5.41) is 0. The number of allylic oxidation sites excluding steroid dienone is 15. The van der Waals surface area contributed by atoms with Crippen LogP contribution < -0.4 is 0 Å². The van der Waals surface area contributed by atoms with Crippen molar-refractivity contribution in [2.24, 2.45) is 0 Å². The minimum atomic E-state index is -0.823. The third-order valence-electron chi connectivity index (χ3n) is 9.18. The highest BCUT2D eigenvalue weighted by Crippen LogP contribution is 2.13.